The van der Waals surface area contributed by atoms with E-state index in [1.807, 2.05) is 18.2 Å². The zero-order valence-electron chi connectivity index (χ0n) is 20.4. The fourth-order valence-corrected chi connectivity index (χ4v) is 4.22. The molecule has 3 aromatic carbocycles. The average Bonchev–Trinajstić information content (AvgIpc) is 2.90. The van der Waals surface area contributed by atoms with E-state index in [1.165, 1.54) is 12.1 Å². The van der Waals surface area contributed by atoms with Gasteiger partial charge in [-0.15, -0.1) is 0 Å². The number of amides is 2. The molecular formula is C28H29FN2O5. The molecule has 0 aromatic heterocycles. The van der Waals surface area contributed by atoms with Crippen LogP contribution in [-0.2, 0) is 24.2 Å². The first-order valence-corrected chi connectivity index (χ1v) is 11.7. The zero-order chi connectivity index (χ0) is 25.5. The number of methoxy groups -OCH3 is 2. The minimum atomic E-state index is -0.305. The van der Waals surface area contributed by atoms with E-state index < -0.39 is 0 Å². The molecule has 1 heterocycles. The molecule has 0 spiro atoms. The van der Waals surface area contributed by atoms with E-state index in [0.29, 0.717) is 55.3 Å². The summed E-state index contributed by atoms with van der Waals surface area (Å²) in [5.74, 6) is 1.18. The summed E-state index contributed by atoms with van der Waals surface area (Å²) in [6.45, 7) is 1.23. The maximum Gasteiger partial charge on any atom is 0.257 e. The Labute approximate surface area is 209 Å². The van der Waals surface area contributed by atoms with E-state index in [2.05, 4.69) is 5.32 Å². The molecule has 1 N–H and O–H groups in total. The number of hydrogen-bond acceptors (Lipinski definition) is 5. The van der Waals surface area contributed by atoms with Gasteiger partial charge >= 0.3 is 0 Å². The molecule has 0 radical (unpaired) electrons. The molecule has 2 amide bonds. The summed E-state index contributed by atoms with van der Waals surface area (Å²) >= 11 is 0. The molecule has 188 valence electrons. The molecule has 7 nitrogen and oxygen atoms in total. The number of halogens is 1. The largest absolute Gasteiger partial charge is 0.493 e. The molecule has 1 aliphatic heterocycles. The first-order chi connectivity index (χ1) is 17.5. The normalized spacial score (nSPS) is 12.6. The van der Waals surface area contributed by atoms with Crippen LogP contribution in [0.4, 0.5) is 4.39 Å². The molecule has 0 atom stereocenters. The summed E-state index contributed by atoms with van der Waals surface area (Å²) < 4.78 is 29.5. The van der Waals surface area contributed by atoms with Gasteiger partial charge in [-0.1, -0.05) is 24.3 Å². The van der Waals surface area contributed by atoms with Gasteiger partial charge in [-0.3, -0.25) is 9.59 Å². The van der Waals surface area contributed by atoms with Gasteiger partial charge in [0.25, 0.3) is 11.8 Å². The van der Waals surface area contributed by atoms with Gasteiger partial charge in [0.15, 0.2) is 18.1 Å². The van der Waals surface area contributed by atoms with Gasteiger partial charge in [0, 0.05) is 30.8 Å². The number of nitrogens with zero attached hydrogens (tertiary/aromatic N) is 1. The van der Waals surface area contributed by atoms with Crippen LogP contribution in [0.3, 0.4) is 0 Å². The molecule has 36 heavy (non-hydrogen) atoms. The predicted octanol–water partition coefficient (Wildman–Crippen LogP) is 3.78. The van der Waals surface area contributed by atoms with Gasteiger partial charge < -0.3 is 24.4 Å². The summed E-state index contributed by atoms with van der Waals surface area (Å²) in [5.41, 5.74) is 3.24. The van der Waals surface area contributed by atoms with Gasteiger partial charge in [0.1, 0.15) is 11.6 Å². The standard InChI is InChI=1S/C28H29FN2O5/c1-34-25-11-8-19(16-26(25)35-2)12-14-30-27(32)18-36-24-5-3-4-23-22(24)13-15-31(28(23)33)17-20-6-9-21(29)10-7-20/h3-11,16H,12-15,17-18H2,1-2H3,(H,30,32). The number of fused-ring (bicyclic) bond motifs is 1. The molecule has 0 saturated heterocycles. The lowest BCUT2D eigenvalue weighted by atomic mass is 9.97. The Morgan fingerprint density at radius 2 is 1.72 bits per heavy atom. The van der Waals surface area contributed by atoms with E-state index in [0.717, 1.165) is 16.7 Å². The van der Waals surface area contributed by atoms with Gasteiger partial charge in [0.05, 0.1) is 14.2 Å². The summed E-state index contributed by atoms with van der Waals surface area (Å²) in [6.07, 6.45) is 1.24. The first kappa shape index (κ1) is 25.0. The summed E-state index contributed by atoms with van der Waals surface area (Å²) in [7, 11) is 3.17. The Morgan fingerprint density at radius 3 is 2.47 bits per heavy atom. The van der Waals surface area contributed by atoms with Crippen LogP contribution in [0.15, 0.2) is 60.7 Å². The zero-order valence-corrected chi connectivity index (χ0v) is 20.4. The lowest BCUT2D eigenvalue weighted by Gasteiger charge is -2.29. The SMILES string of the molecule is COc1ccc(CCNC(=O)COc2cccc3c2CCN(Cc2ccc(F)cc2)C3=O)cc1OC. The van der Waals surface area contributed by atoms with Crippen molar-refractivity contribution in [1.29, 1.82) is 0 Å². The van der Waals surface area contributed by atoms with E-state index in [4.69, 9.17) is 14.2 Å². The van der Waals surface area contributed by atoms with E-state index in [-0.39, 0.29) is 24.2 Å². The van der Waals surface area contributed by atoms with Gasteiger partial charge in [0.2, 0.25) is 0 Å². The van der Waals surface area contributed by atoms with Crippen LogP contribution in [0, 0.1) is 5.82 Å². The maximum atomic E-state index is 13.2. The van der Waals surface area contributed by atoms with Crippen LogP contribution in [0.1, 0.15) is 27.0 Å². The average molecular weight is 493 g/mol. The lowest BCUT2D eigenvalue weighted by Crippen LogP contribution is -2.37. The number of ether oxygens (including phenoxy) is 3. The highest BCUT2D eigenvalue weighted by molar-refractivity contribution is 5.97. The van der Waals surface area contributed by atoms with Crippen LogP contribution in [0.25, 0.3) is 0 Å². The Hall–Kier alpha value is -4.07. The minimum Gasteiger partial charge on any atom is -0.493 e. The van der Waals surface area contributed by atoms with E-state index in [9.17, 15) is 14.0 Å². The summed E-state index contributed by atoms with van der Waals surface area (Å²) in [6, 6.07) is 17.1. The molecule has 0 bridgehead atoms. The Morgan fingerprint density at radius 1 is 0.972 bits per heavy atom. The topological polar surface area (TPSA) is 77.1 Å². The van der Waals surface area contributed by atoms with Crippen molar-refractivity contribution < 1.29 is 28.2 Å². The molecule has 8 heteroatoms. The van der Waals surface area contributed by atoms with Crippen molar-refractivity contribution in [3.63, 3.8) is 0 Å². The second kappa shape index (κ2) is 11.6. The number of carbonyl (C=O) groups excluding carboxylic acids is 2. The van der Waals surface area contributed by atoms with Crippen molar-refractivity contribution in [2.45, 2.75) is 19.4 Å². The van der Waals surface area contributed by atoms with Crippen LogP contribution in [-0.4, -0.2) is 50.6 Å². The van der Waals surface area contributed by atoms with Gasteiger partial charge in [-0.25, -0.2) is 4.39 Å². The molecule has 1 aliphatic rings. The van der Waals surface area contributed by atoms with Crippen molar-refractivity contribution >= 4 is 11.8 Å². The minimum absolute atomic E-state index is 0.106. The van der Waals surface area contributed by atoms with Gasteiger partial charge in [-0.2, -0.15) is 0 Å². The number of benzene rings is 3. The van der Waals surface area contributed by atoms with Crippen molar-refractivity contribution in [3.05, 3.63) is 88.7 Å². The van der Waals surface area contributed by atoms with E-state index in [1.54, 1.807) is 49.5 Å². The van der Waals surface area contributed by atoms with Crippen molar-refractivity contribution in [3.8, 4) is 17.2 Å². The molecule has 4 rings (SSSR count). The second-order valence-electron chi connectivity index (χ2n) is 8.46. The second-order valence-corrected chi connectivity index (χ2v) is 8.46. The quantitative estimate of drug-likeness (QED) is 0.466. The van der Waals surface area contributed by atoms with Crippen molar-refractivity contribution in [1.82, 2.24) is 10.2 Å². The summed E-state index contributed by atoms with van der Waals surface area (Å²) in [5, 5.41) is 2.86. The molecule has 0 fully saturated rings. The Balaban J connectivity index is 1.30. The fourth-order valence-electron chi connectivity index (χ4n) is 4.22. The highest BCUT2D eigenvalue weighted by Gasteiger charge is 2.27. The van der Waals surface area contributed by atoms with Crippen molar-refractivity contribution in [2.24, 2.45) is 0 Å². The van der Waals surface area contributed by atoms with Crippen LogP contribution < -0.4 is 19.5 Å². The number of nitrogens with one attached hydrogen (secondary N) is 1. The third-order valence-corrected chi connectivity index (χ3v) is 6.11. The number of hydrogen-bond donors (Lipinski definition) is 1. The van der Waals surface area contributed by atoms with Crippen molar-refractivity contribution in [2.75, 3.05) is 33.9 Å². The highest BCUT2D eigenvalue weighted by Crippen LogP contribution is 2.29. The third kappa shape index (κ3) is 5.94. The molecule has 3 aromatic rings. The smallest absolute Gasteiger partial charge is 0.257 e. The fraction of sp³-hybridized carbons (Fsp3) is 0.286. The number of rotatable bonds is 10. The van der Waals surface area contributed by atoms with Crippen LogP contribution in [0.5, 0.6) is 17.2 Å². The van der Waals surface area contributed by atoms with E-state index >= 15 is 0 Å². The molecular weight excluding hydrogens is 463 g/mol. The molecule has 0 unspecified atom stereocenters. The summed E-state index contributed by atoms with van der Waals surface area (Å²) in [4.78, 5) is 27.1. The predicted molar refractivity (Wildman–Crippen MR) is 133 cm³/mol. The lowest BCUT2D eigenvalue weighted by molar-refractivity contribution is -0.123. The maximum absolute atomic E-state index is 13.2. The van der Waals surface area contributed by atoms with Crippen LogP contribution in [0.2, 0.25) is 0 Å². The third-order valence-electron chi connectivity index (χ3n) is 6.11. The van der Waals surface area contributed by atoms with Crippen LogP contribution >= 0.6 is 0 Å². The first-order valence-electron chi connectivity index (χ1n) is 11.7. The highest BCUT2D eigenvalue weighted by atomic mass is 19.1. The molecule has 0 saturated carbocycles. The van der Waals surface area contributed by atoms with Gasteiger partial charge in [-0.05, 0) is 60.4 Å². The number of carbonyl (C=O) groups is 2. The molecule has 0 aliphatic carbocycles. The Kier molecular flexibility index (Phi) is 8.05. The monoisotopic (exact) mass is 492 g/mol. The Bertz CT molecular complexity index is 1230.